The lowest BCUT2D eigenvalue weighted by Crippen LogP contribution is -2.41. The molecule has 2 aromatic carbocycles. The van der Waals surface area contributed by atoms with Crippen molar-refractivity contribution in [3.05, 3.63) is 57.9 Å². The maximum atomic E-state index is 16.7. The largest absolute Gasteiger partial charge is 0.467 e. The van der Waals surface area contributed by atoms with E-state index in [-0.39, 0.29) is 74.7 Å². The van der Waals surface area contributed by atoms with Crippen LogP contribution < -0.4 is 15.4 Å². The normalized spacial score (nSPS) is 15.2. The van der Waals surface area contributed by atoms with Gasteiger partial charge in [0, 0.05) is 41.5 Å². The Morgan fingerprint density at radius 2 is 1.90 bits per heavy atom. The third kappa shape index (κ3) is 4.94. The second-order valence-electron chi connectivity index (χ2n) is 11.3. The number of nitrogens with zero attached hydrogens (tertiary/aromatic N) is 7. The number of benzene rings is 2. The van der Waals surface area contributed by atoms with Gasteiger partial charge in [-0.25, -0.2) is 8.78 Å². The number of rotatable bonds is 4. The summed E-state index contributed by atoms with van der Waals surface area (Å²) in [5.41, 5.74) is 4.04. The van der Waals surface area contributed by atoms with E-state index in [0.717, 1.165) is 18.2 Å². The minimum atomic E-state index is -5.09. The summed E-state index contributed by atoms with van der Waals surface area (Å²) in [5, 5.41) is 13.7. The molecule has 7 rings (SSSR count). The van der Waals surface area contributed by atoms with Crippen LogP contribution in [0.4, 0.5) is 32.8 Å². The number of carbonyl (C=O) groups excluding carboxylic acids is 1. The number of fused-ring (bicyclic) bond motifs is 3. The number of hydrogen-bond donors (Lipinski definition) is 1. The van der Waals surface area contributed by atoms with Crippen molar-refractivity contribution in [1.82, 2.24) is 24.6 Å². The van der Waals surface area contributed by atoms with Crippen LogP contribution in [0.15, 0.2) is 18.2 Å². The van der Waals surface area contributed by atoms with Crippen LogP contribution in [0, 0.1) is 29.9 Å². The lowest BCUT2D eigenvalue weighted by molar-refractivity contribution is -0.137. The molecule has 0 bridgehead atoms. The molecule has 3 aromatic heterocycles. The highest BCUT2D eigenvalue weighted by molar-refractivity contribution is 7.23. The minimum Gasteiger partial charge on any atom is -0.467 e. The zero-order chi connectivity index (χ0) is 34.1. The number of halogens is 5. The number of carbonyl (C=O) groups is 1. The molecule has 0 saturated carbocycles. The first-order chi connectivity index (χ1) is 22.9. The molecule has 0 spiro atoms. The molecule has 2 aliphatic heterocycles. The third-order valence-electron chi connectivity index (χ3n) is 8.62. The van der Waals surface area contributed by atoms with E-state index >= 15 is 4.39 Å². The van der Waals surface area contributed by atoms with E-state index in [1.165, 1.54) is 7.11 Å². The number of aromatic nitrogens is 4. The molecule has 17 heteroatoms. The number of nitrogens with two attached hydrogens (primary N) is 1. The van der Waals surface area contributed by atoms with Crippen LogP contribution in [0.25, 0.3) is 32.1 Å². The van der Waals surface area contributed by atoms with Crippen LogP contribution in [0.3, 0.4) is 0 Å². The molecule has 0 atom stereocenters. The molecule has 11 nitrogen and oxygen atoms in total. The molecule has 0 aliphatic carbocycles. The Balaban J connectivity index is 1.40. The number of thiophene rings is 1. The fraction of sp³-hybridized carbons (Fsp3) is 0.323. The fourth-order valence-electron chi connectivity index (χ4n) is 6.27. The SMILES string of the molecule is COc1nc(N2CCn3nc(C(=O)N4CCOCC4)c(C)c3C2)c2cc(C(F)(F)F)c(-c3ccc(F)c4sc(N)c(C#N)c34)c(F)c2n1. The Labute approximate surface area is 272 Å². The van der Waals surface area contributed by atoms with Crippen molar-refractivity contribution in [3.63, 3.8) is 0 Å². The van der Waals surface area contributed by atoms with E-state index in [0.29, 0.717) is 48.9 Å². The van der Waals surface area contributed by atoms with Crippen LogP contribution in [-0.4, -0.2) is 70.5 Å². The first kappa shape index (κ1) is 31.5. The van der Waals surface area contributed by atoms with Gasteiger partial charge in [-0.3, -0.25) is 9.48 Å². The van der Waals surface area contributed by atoms with Crippen molar-refractivity contribution in [2.24, 2.45) is 0 Å². The van der Waals surface area contributed by atoms with Crippen molar-refractivity contribution < 1.29 is 36.2 Å². The average molecular weight is 685 g/mol. The summed E-state index contributed by atoms with van der Waals surface area (Å²) in [5.74, 6) is -2.45. The van der Waals surface area contributed by atoms with E-state index in [9.17, 15) is 27.6 Å². The van der Waals surface area contributed by atoms with Crippen LogP contribution in [0.5, 0.6) is 6.01 Å². The van der Waals surface area contributed by atoms with E-state index < -0.39 is 34.5 Å². The second kappa shape index (κ2) is 11.6. The van der Waals surface area contributed by atoms with Gasteiger partial charge < -0.3 is 25.0 Å². The van der Waals surface area contributed by atoms with Crippen LogP contribution in [0.2, 0.25) is 0 Å². The number of nitrogen functional groups attached to an aromatic ring is 1. The summed E-state index contributed by atoms with van der Waals surface area (Å²) in [6, 6.07) is 4.16. The summed E-state index contributed by atoms with van der Waals surface area (Å²) >= 11 is 0.684. The predicted molar refractivity (Wildman–Crippen MR) is 166 cm³/mol. The molecule has 1 amide bonds. The molecule has 0 unspecified atom stereocenters. The van der Waals surface area contributed by atoms with Crippen molar-refractivity contribution >= 4 is 49.1 Å². The van der Waals surface area contributed by atoms with Gasteiger partial charge in [0.2, 0.25) is 0 Å². The topological polar surface area (TPSA) is 135 Å². The third-order valence-corrected chi connectivity index (χ3v) is 9.65. The van der Waals surface area contributed by atoms with E-state index in [1.807, 2.05) is 6.07 Å². The monoisotopic (exact) mass is 684 g/mol. The zero-order valence-electron chi connectivity index (χ0n) is 25.4. The van der Waals surface area contributed by atoms with Gasteiger partial charge in [-0.1, -0.05) is 6.07 Å². The van der Waals surface area contributed by atoms with Gasteiger partial charge in [0.15, 0.2) is 11.5 Å². The molecule has 48 heavy (non-hydrogen) atoms. The zero-order valence-corrected chi connectivity index (χ0v) is 26.2. The highest BCUT2D eigenvalue weighted by Gasteiger charge is 2.39. The lowest BCUT2D eigenvalue weighted by Gasteiger charge is -2.30. The average Bonchev–Trinajstić information content (AvgIpc) is 3.60. The molecule has 5 heterocycles. The van der Waals surface area contributed by atoms with Gasteiger partial charge in [0.25, 0.3) is 5.91 Å². The van der Waals surface area contributed by atoms with Crippen LogP contribution in [0.1, 0.15) is 32.9 Å². The Morgan fingerprint density at radius 3 is 2.58 bits per heavy atom. The first-order valence-corrected chi connectivity index (χ1v) is 15.5. The number of methoxy groups -OCH3 is 1. The number of amides is 1. The number of anilines is 2. The first-order valence-electron chi connectivity index (χ1n) is 14.7. The second-order valence-corrected chi connectivity index (χ2v) is 12.3. The van der Waals surface area contributed by atoms with Crippen molar-refractivity contribution in [2.75, 3.05) is 50.6 Å². The lowest BCUT2D eigenvalue weighted by atomic mass is 9.92. The van der Waals surface area contributed by atoms with Gasteiger partial charge in [-0.15, -0.1) is 11.3 Å². The minimum absolute atomic E-state index is 0.0255. The quantitative estimate of drug-likeness (QED) is 0.251. The van der Waals surface area contributed by atoms with Crippen LogP contribution >= 0.6 is 11.3 Å². The Bertz CT molecular complexity index is 2190. The Hall–Kier alpha value is -5.08. The molecule has 2 N–H and O–H groups in total. The highest BCUT2D eigenvalue weighted by atomic mass is 32.1. The van der Waals surface area contributed by atoms with Crippen molar-refractivity contribution in [2.45, 2.75) is 26.2 Å². The number of nitriles is 1. The number of alkyl halides is 3. The van der Waals surface area contributed by atoms with E-state index in [2.05, 4.69) is 15.1 Å². The number of morpholine rings is 1. The molecule has 5 aromatic rings. The molecule has 2 aliphatic rings. The van der Waals surface area contributed by atoms with Crippen molar-refractivity contribution in [1.29, 1.82) is 5.26 Å². The summed E-state index contributed by atoms with van der Waals surface area (Å²) < 4.78 is 88.1. The molecule has 1 saturated heterocycles. The Morgan fingerprint density at radius 1 is 1.15 bits per heavy atom. The Kier molecular flexibility index (Phi) is 7.59. The number of ether oxygens (including phenoxy) is 2. The number of hydrogen-bond acceptors (Lipinski definition) is 10. The van der Waals surface area contributed by atoms with Crippen molar-refractivity contribution in [3.8, 4) is 23.2 Å². The maximum absolute atomic E-state index is 16.7. The maximum Gasteiger partial charge on any atom is 0.417 e. The van der Waals surface area contributed by atoms with Gasteiger partial charge in [-0.2, -0.15) is 33.5 Å². The smallest absolute Gasteiger partial charge is 0.417 e. The molecule has 1 fully saturated rings. The highest BCUT2D eigenvalue weighted by Crippen LogP contribution is 2.48. The molecule has 248 valence electrons. The van der Waals surface area contributed by atoms with E-state index in [4.69, 9.17) is 15.2 Å². The molecular weight excluding hydrogens is 659 g/mol. The van der Waals surface area contributed by atoms with Gasteiger partial charge in [0.1, 0.15) is 28.2 Å². The molecule has 0 radical (unpaired) electrons. The van der Waals surface area contributed by atoms with Crippen LogP contribution in [-0.2, 0) is 24.0 Å². The van der Waals surface area contributed by atoms with Gasteiger partial charge >= 0.3 is 12.2 Å². The standard InChI is InChI=1S/C31H25F5N8O3S/c1-14-20-13-43(5-6-44(20)41-24(14)29(45)42-7-9-47-10-8-42)28-16-11-18(31(34,35)36)22(23(33)25(16)39-30(40-28)46-2)15-3-4-19(32)26-21(15)17(12-37)27(38)48-26/h3-4,11H,5-10,13,38H2,1-2H3. The van der Waals surface area contributed by atoms with E-state index in [1.54, 1.807) is 21.4 Å². The summed E-state index contributed by atoms with van der Waals surface area (Å²) in [7, 11) is 1.24. The van der Waals surface area contributed by atoms with Gasteiger partial charge in [0.05, 0.1) is 54.9 Å². The fourth-order valence-corrected chi connectivity index (χ4v) is 7.22. The summed E-state index contributed by atoms with van der Waals surface area (Å²) in [6.07, 6.45) is -5.09. The van der Waals surface area contributed by atoms with Gasteiger partial charge in [-0.05, 0) is 24.6 Å². The summed E-state index contributed by atoms with van der Waals surface area (Å²) in [4.78, 5) is 25.0. The predicted octanol–water partition coefficient (Wildman–Crippen LogP) is 5.27. The summed E-state index contributed by atoms with van der Waals surface area (Å²) in [6.45, 7) is 3.99. The molecular formula is C31H25F5N8O3S.